The van der Waals surface area contributed by atoms with Crippen molar-refractivity contribution in [1.29, 1.82) is 0 Å². The number of ether oxygens (including phenoxy) is 1. The Balaban J connectivity index is 1.97. The molecule has 1 atom stereocenters. The molecule has 0 fully saturated rings. The number of aromatic nitrogens is 1. The van der Waals surface area contributed by atoms with Crippen LogP contribution in [-0.2, 0) is 11.2 Å². The van der Waals surface area contributed by atoms with Gasteiger partial charge in [0.15, 0.2) is 0 Å². The molecule has 1 aromatic heterocycles. The van der Waals surface area contributed by atoms with Crippen LogP contribution in [0.5, 0.6) is 0 Å². The first kappa shape index (κ1) is 9.68. The van der Waals surface area contributed by atoms with Crippen LogP contribution < -0.4 is 5.73 Å². The van der Waals surface area contributed by atoms with Gasteiger partial charge in [-0.3, -0.25) is 0 Å². The van der Waals surface area contributed by atoms with Crippen LogP contribution in [0.3, 0.4) is 0 Å². The number of hydrogen-bond acceptors (Lipinski definition) is 4. The van der Waals surface area contributed by atoms with Crippen molar-refractivity contribution in [3.05, 3.63) is 27.9 Å². The average molecular weight is 210 g/mol. The van der Waals surface area contributed by atoms with E-state index < -0.39 is 0 Å². The molecular weight excluding hydrogens is 196 g/mol. The Morgan fingerprint density at radius 2 is 2.57 bits per heavy atom. The third-order valence-electron chi connectivity index (χ3n) is 2.19. The Morgan fingerprint density at radius 1 is 1.71 bits per heavy atom. The fourth-order valence-electron chi connectivity index (χ4n) is 1.52. The van der Waals surface area contributed by atoms with Crippen LogP contribution in [-0.4, -0.2) is 17.6 Å². The molecule has 4 heteroatoms. The molecule has 1 aliphatic heterocycles. The Labute approximate surface area is 87.6 Å². The van der Waals surface area contributed by atoms with E-state index in [1.807, 2.05) is 6.92 Å². The largest absolute Gasteiger partial charge is 0.496 e. The van der Waals surface area contributed by atoms with Gasteiger partial charge < -0.3 is 10.5 Å². The predicted octanol–water partition coefficient (Wildman–Crippen LogP) is 1.63. The zero-order chi connectivity index (χ0) is 9.97. The maximum absolute atomic E-state index is 5.99. The van der Waals surface area contributed by atoms with E-state index >= 15 is 0 Å². The zero-order valence-corrected chi connectivity index (χ0v) is 9.01. The third-order valence-corrected chi connectivity index (χ3v) is 3.02. The molecule has 0 saturated heterocycles. The molecule has 0 amide bonds. The van der Waals surface area contributed by atoms with E-state index in [1.54, 1.807) is 11.3 Å². The van der Waals surface area contributed by atoms with Crippen LogP contribution in [0, 0.1) is 6.92 Å². The van der Waals surface area contributed by atoms with Gasteiger partial charge in [-0.05, 0) is 13.0 Å². The minimum atomic E-state index is -0.0287. The van der Waals surface area contributed by atoms with Crippen LogP contribution in [0.15, 0.2) is 17.2 Å². The van der Waals surface area contributed by atoms with Crippen molar-refractivity contribution in [3.63, 3.8) is 0 Å². The minimum absolute atomic E-state index is 0.0287. The Kier molecular flexibility index (Phi) is 2.84. The summed E-state index contributed by atoms with van der Waals surface area (Å²) >= 11 is 1.66. The summed E-state index contributed by atoms with van der Waals surface area (Å²) in [4.78, 5) is 4.38. The molecule has 2 heterocycles. The quantitative estimate of drug-likeness (QED) is 0.824. The molecule has 1 aliphatic rings. The molecule has 1 aromatic rings. The lowest BCUT2D eigenvalue weighted by molar-refractivity contribution is 0.224. The van der Waals surface area contributed by atoms with Crippen LogP contribution in [0.1, 0.15) is 17.1 Å². The number of rotatable bonds is 3. The summed E-state index contributed by atoms with van der Waals surface area (Å²) < 4.78 is 5.41. The SMILES string of the molecule is Cc1nc(CC(N)C2=CCCO2)cs1. The Bertz CT molecular complexity index is 346. The summed E-state index contributed by atoms with van der Waals surface area (Å²) in [7, 11) is 0. The lowest BCUT2D eigenvalue weighted by Crippen LogP contribution is -2.25. The third kappa shape index (κ3) is 2.13. The first-order valence-corrected chi connectivity index (χ1v) is 5.63. The van der Waals surface area contributed by atoms with Gasteiger partial charge in [0.05, 0.1) is 23.4 Å². The predicted molar refractivity (Wildman–Crippen MR) is 57.2 cm³/mol. The van der Waals surface area contributed by atoms with E-state index in [4.69, 9.17) is 10.5 Å². The number of aryl methyl sites for hydroxylation is 1. The van der Waals surface area contributed by atoms with Crippen molar-refractivity contribution in [2.24, 2.45) is 5.73 Å². The molecule has 0 radical (unpaired) electrons. The smallest absolute Gasteiger partial charge is 0.109 e. The molecule has 2 N–H and O–H groups in total. The highest BCUT2D eigenvalue weighted by molar-refractivity contribution is 7.09. The van der Waals surface area contributed by atoms with E-state index in [0.29, 0.717) is 0 Å². The lowest BCUT2D eigenvalue weighted by Gasteiger charge is -2.11. The number of nitrogens with zero attached hydrogens (tertiary/aromatic N) is 1. The summed E-state index contributed by atoms with van der Waals surface area (Å²) in [5.41, 5.74) is 7.06. The Morgan fingerprint density at radius 3 is 3.14 bits per heavy atom. The monoisotopic (exact) mass is 210 g/mol. The second-order valence-corrected chi connectivity index (χ2v) is 4.47. The van der Waals surface area contributed by atoms with Gasteiger partial charge >= 0.3 is 0 Å². The van der Waals surface area contributed by atoms with Gasteiger partial charge in [-0.1, -0.05) is 0 Å². The Hall–Kier alpha value is -0.870. The van der Waals surface area contributed by atoms with Gasteiger partial charge in [0.2, 0.25) is 0 Å². The molecule has 76 valence electrons. The highest BCUT2D eigenvalue weighted by Crippen LogP contribution is 2.16. The number of thiazole rings is 1. The zero-order valence-electron chi connectivity index (χ0n) is 8.19. The standard InChI is InChI=1S/C10H14N2OS/c1-7-12-8(6-14-7)5-9(11)10-3-2-4-13-10/h3,6,9H,2,4-5,11H2,1H3. The molecule has 0 bridgehead atoms. The summed E-state index contributed by atoms with van der Waals surface area (Å²) in [6.45, 7) is 2.78. The normalized spacial score (nSPS) is 17.7. The minimum Gasteiger partial charge on any atom is -0.496 e. The van der Waals surface area contributed by atoms with Crippen molar-refractivity contribution in [2.75, 3.05) is 6.61 Å². The second kappa shape index (κ2) is 4.11. The van der Waals surface area contributed by atoms with Gasteiger partial charge in [0.1, 0.15) is 5.76 Å². The summed E-state index contributed by atoms with van der Waals surface area (Å²) in [6, 6.07) is -0.0287. The molecular formula is C10H14N2OS. The maximum Gasteiger partial charge on any atom is 0.109 e. The van der Waals surface area contributed by atoms with E-state index in [9.17, 15) is 0 Å². The van der Waals surface area contributed by atoms with Gasteiger partial charge in [0, 0.05) is 18.2 Å². The lowest BCUT2D eigenvalue weighted by atomic mass is 10.1. The van der Waals surface area contributed by atoms with Gasteiger partial charge in [-0.2, -0.15) is 0 Å². The van der Waals surface area contributed by atoms with Crippen LogP contribution in [0.25, 0.3) is 0 Å². The molecule has 14 heavy (non-hydrogen) atoms. The molecule has 0 saturated carbocycles. The summed E-state index contributed by atoms with van der Waals surface area (Å²) in [5, 5.41) is 3.15. The highest BCUT2D eigenvalue weighted by Gasteiger charge is 2.15. The number of hydrogen-bond donors (Lipinski definition) is 1. The van der Waals surface area contributed by atoms with Gasteiger partial charge in [-0.25, -0.2) is 4.98 Å². The van der Waals surface area contributed by atoms with Crippen LogP contribution >= 0.6 is 11.3 Å². The number of nitrogens with two attached hydrogens (primary N) is 1. The van der Waals surface area contributed by atoms with E-state index in [2.05, 4.69) is 16.4 Å². The van der Waals surface area contributed by atoms with Gasteiger partial charge in [-0.15, -0.1) is 11.3 Å². The van der Waals surface area contributed by atoms with E-state index in [0.717, 1.165) is 35.9 Å². The van der Waals surface area contributed by atoms with Crippen LogP contribution in [0.4, 0.5) is 0 Å². The van der Waals surface area contributed by atoms with Gasteiger partial charge in [0.25, 0.3) is 0 Å². The molecule has 0 aliphatic carbocycles. The van der Waals surface area contributed by atoms with Crippen molar-refractivity contribution in [3.8, 4) is 0 Å². The molecule has 0 spiro atoms. The fourth-order valence-corrected chi connectivity index (χ4v) is 2.15. The van der Waals surface area contributed by atoms with Crippen molar-refractivity contribution >= 4 is 11.3 Å². The maximum atomic E-state index is 5.99. The van der Waals surface area contributed by atoms with Crippen molar-refractivity contribution < 1.29 is 4.74 Å². The summed E-state index contributed by atoms with van der Waals surface area (Å²) in [5.74, 6) is 0.927. The average Bonchev–Trinajstić information content (AvgIpc) is 2.75. The molecule has 0 aromatic carbocycles. The topological polar surface area (TPSA) is 48.1 Å². The first-order chi connectivity index (χ1) is 6.75. The second-order valence-electron chi connectivity index (χ2n) is 3.41. The van der Waals surface area contributed by atoms with E-state index in [1.165, 1.54) is 0 Å². The molecule has 3 nitrogen and oxygen atoms in total. The summed E-state index contributed by atoms with van der Waals surface area (Å²) in [6.07, 6.45) is 3.83. The highest BCUT2D eigenvalue weighted by atomic mass is 32.1. The van der Waals surface area contributed by atoms with E-state index in [-0.39, 0.29) is 6.04 Å². The van der Waals surface area contributed by atoms with Crippen LogP contribution in [0.2, 0.25) is 0 Å². The first-order valence-electron chi connectivity index (χ1n) is 4.75. The molecule has 1 unspecified atom stereocenters. The molecule has 2 rings (SSSR count). The fraction of sp³-hybridized carbons (Fsp3) is 0.500. The van der Waals surface area contributed by atoms with Crippen molar-refractivity contribution in [1.82, 2.24) is 4.98 Å². The van der Waals surface area contributed by atoms with Crippen molar-refractivity contribution in [2.45, 2.75) is 25.8 Å².